The van der Waals surface area contributed by atoms with E-state index in [1.807, 2.05) is 0 Å². The predicted octanol–water partition coefficient (Wildman–Crippen LogP) is 2.71. The number of hydrogen-bond donors (Lipinski definition) is 1. The fourth-order valence-corrected chi connectivity index (χ4v) is 2.10. The van der Waals surface area contributed by atoms with E-state index in [0.29, 0.717) is 10.6 Å². The molecular weight excluding hydrogens is 309 g/mol. The summed E-state index contributed by atoms with van der Waals surface area (Å²) in [5, 5.41) is 6.05. The minimum atomic E-state index is -3.95. The molecule has 2 rings (SSSR count). The number of H-pyrrole nitrogens is 1. The van der Waals surface area contributed by atoms with Crippen molar-refractivity contribution in [1.82, 2.24) is 15.2 Å². The number of rotatable bonds is 2. The Labute approximate surface area is 111 Å². The van der Waals surface area contributed by atoms with E-state index in [0.717, 1.165) is 0 Å². The summed E-state index contributed by atoms with van der Waals surface area (Å²) in [6, 6.07) is 4.86. The first-order valence-electron chi connectivity index (χ1n) is 4.21. The van der Waals surface area contributed by atoms with Crippen molar-refractivity contribution in [2.24, 2.45) is 0 Å². The van der Waals surface area contributed by atoms with E-state index in [4.69, 9.17) is 33.9 Å². The zero-order chi connectivity index (χ0) is 12.6. The summed E-state index contributed by atoms with van der Waals surface area (Å²) in [5.41, 5.74) is 0.419. The molecule has 0 spiro atoms. The first-order chi connectivity index (χ1) is 7.89. The highest BCUT2D eigenvalue weighted by Gasteiger charge is 2.18. The second-order valence-electron chi connectivity index (χ2n) is 3.00. The summed E-state index contributed by atoms with van der Waals surface area (Å²) in [6.45, 7) is 0. The highest BCUT2D eigenvalue weighted by atomic mass is 35.7. The van der Waals surface area contributed by atoms with Gasteiger partial charge in [-0.2, -0.15) is 10.1 Å². The molecular formula is C8H4Cl3N3O2S. The van der Waals surface area contributed by atoms with E-state index < -0.39 is 14.2 Å². The Morgan fingerprint density at radius 1 is 1.24 bits per heavy atom. The maximum absolute atomic E-state index is 11.0. The van der Waals surface area contributed by atoms with E-state index in [2.05, 4.69) is 15.2 Å². The van der Waals surface area contributed by atoms with Crippen molar-refractivity contribution < 1.29 is 8.42 Å². The zero-order valence-electron chi connectivity index (χ0n) is 7.99. The standard InChI is InChI=1S/C8H4Cl3N3O2S/c9-5-3-1-2-4(6(5)10)7-12-8(14-13-7)17(11,15)16/h1-3H,(H,12,13,14). The first-order valence-corrected chi connectivity index (χ1v) is 7.27. The number of aromatic nitrogens is 3. The molecule has 0 radical (unpaired) electrons. The third-order valence-electron chi connectivity index (χ3n) is 1.89. The molecule has 1 heterocycles. The van der Waals surface area contributed by atoms with E-state index in [-0.39, 0.29) is 10.8 Å². The molecule has 0 aliphatic heterocycles. The van der Waals surface area contributed by atoms with Gasteiger partial charge in [-0.1, -0.05) is 29.3 Å². The van der Waals surface area contributed by atoms with Gasteiger partial charge in [-0.05, 0) is 12.1 Å². The van der Waals surface area contributed by atoms with Crippen molar-refractivity contribution in [3.05, 3.63) is 28.2 Å². The summed E-state index contributed by atoms with van der Waals surface area (Å²) in [4.78, 5) is 3.72. The van der Waals surface area contributed by atoms with Gasteiger partial charge in [0.05, 0.1) is 10.0 Å². The summed E-state index contributed by atoms with van der Waals surface area (Å²) in [6.07, 6.45) is 0. The average molecular weight is 313 g/mol. The van der Waals surface area contributed by atoms with Crippen molar-refractivity contribution in [3.63, 3.8) is 0 Å². The zero-order valence-corrected chi connectivity index (χ0v) is 11.1. The molecule has 0 saturated heterocycles. The third-order valence-corrected chi connectivity index (χ3v) is 3.79. The highest BCUT2D eigenvalue weighted by Crippen LogP contribution is 2.31. The lowest BCUT2D eigenvalue weighted by Gasteiger charge is -2.00. The van der Waals surface area contributed by atoms with Gasteiger partial charge in [-0.3, -0.25) is 0 Å². The Hall–Kier alpha value is -0.820. The minimum Gasteiger partial charge on any atom is -0.248 e. The van der Waals surface area contributed by atoms with Crippen LogP contribution < -0.4 is 0 Å². The molecule has 0 aliphatic rings. The van der Waals surface area contributed by atoms with E-state index in [9.17, 15) is 8.42 Å². The number of hydrogen-bond acceptors (Lipinski definition) is 4. The van der Waals surface area contributed by atoms with Crippen LogP contribution in [-0.2, 0) is 9.05 Å². The van der Waals surface area contributed by atoms with Crippen LogP contribution in [0.3, 0.4) is 0 Å². The minimum absolute atomic E-state index is 0.108. The Balaban J connectivity index is 2.55. The van der Waals surface area contributed by atoms with Gasteiger partial charge in [0.1, 0.15) is 0 Å². The lowest BCUT2D eigenvalue weighted by molar-refractivity contribution is 0.602. The van der Waals surface area contributed by atoms with Gasteiger partial charge in [-0.25, -0.2) is 13.5 Å². The quantitative estimate of drug-likeness (QED) is 0.865. The summed E-state index contributed by atoms with van der Waals surface area (Å²) in [7, 11) is 1.16. The van der Waals surface area contributed by atoms with Crippen LogP contribution in [0.25, 0.3) is 11.4 Å². The molecule has 0 unspecified atom stereocenters. The van der Waals surface area contributed by atoms with Gasteiger partial charge in [0.15, 0.2) is 5.82 Å². The number of nitrogens with one attached hydrogen (secondary N) is 1. The summed E-state index contributed by atoms with van der Waals surface area (Å²) >= 11 is 11.8. The van der Waals surface area contributed by atoms with Gasteiger partial charge in [0.2, 0.25) is 0 Å². The second kappa shape index (κ2) is 4.45. The summed E-state index contributed by atoms with van der Waals surface area (Å²) in [5.74, 6) is 0.108. The molecule has 9 heteroatoms. The van der Waals surface area contributed by atoms with Crippen molar-refractivity contribution >= 4 is 42.9 Å². The fraction of sp³-hybridized carbons (Fsp3) is 0. The van der Waals surface area contributed by atoms with Crippen LogP contribution >= 0.6 is 33.9 Å². The van der Waals surface area contributed by atoms with Crippen molar-refractivity contribution in [2.45, 2.75) is 5.16 Å². The Morgan fingerprint density at radius 3 is 2.53 bits per heavy atom. The molecule has 0 aliphatic carbocycles. The van der Waals surface area contributed by atoms with E-state index >= 15 is 0 Å². The number of aromatic amines is 1. The topological polar surface area (TPSA) is 75.7 Å². The summed E-state index contributed by atoms with van der Waals surface area (Å²) < 4.78 is 22.0. The van der Waals surface area contributed by atoms with Crippen molar-refractivity contribution in [3.8, 4) is 11.4 Å². The molecule has 17 heavy (non-hydrogen) atoms. The molecule has 1 aromatic carbocycles. The monoisotopic (exact) mass is 311 g/mol. The maximum atomic E-state index is 11.0. The highest BCUT2D eigenvalue weighted by molar-refractivity contribution is 8.13. The molecule has 1 aromatic heterocycles. The third kappa shape index (κ3) is 2.55. The van der Waals surface area contributed by atoms with Crippen LogP contribution in [-0.4, -0.2) is 23.6 Å². The Kier molecular flexibility index (Phi) is 3.31. The SMILES string of the molecule is O=S(=O)(Cl)c1nc(-c2cccc(Cl)c2Cl)n[nH]1. The van der Waals surface area contributed by atoms with Crippen molar-refractivity contribution in [1.29, 1.82) is 0 Å². The van der Waals surface area contributed by atoms with Crippen molar-refractivity contribution in [2.75, 3.05) is 0 Å². The van der Waals surface area contributed by atoms with Crippen LogP contribution in [0.2, 0.25) is 10.0 Å². The average Bonchev–Trinajstić information content (AvgIpc) is 2.70. The van der Waals surface area contributed by atoms with Crippen LogP contribution in [0, 0.1) is 0 Å². The van der Waals surface area contributed by atoms with Crippen LogP contribution in [0.1, 0.15) is 0 Å². The predicted molar refractivity (Wildman–Crippen MR) is 64.9 cm³/mol. The van der Waals surface area contributed by atoms with Crippen LogP contribution in [0.15, 0.2) is 23.4 Å². The van der Waals surface area contributed by atoms with Crippen LogP contribution in [0.4, 0.5) is 0 Å². The van der Waals surface area contributed by atoms with Gasteiger partial charge >= 0.3 is 0 Å². The van der Waals surface area contributed by atoms with Gasteiger partial charge in [0, 0.05) is 16.2 Å². The van der Waals surface area contributed by atoms with E-state index in [1.54, 1.807) is 18.2 Å². The van der Waals surface area contributed by atoms with Crippen LogP contribution in [0.5, 0.6) is 0 Å². The molecule has 2 aromatic rings. The van der Waals surface area contributed by atoms with Gasteiger partial charge in [0.25, 0.3) is 14.2 Å². The lowest BCUT2D eigenvalue weighted by Crippen LogP contribution is -1.92. The fourth-order valence-electron chi connectivity index (χ4n) is 1.15. The second-order valence-corrected chi connectivity index (χ2v) is 6.27. The molecule has 0 fully saturated rings. The normalized spacial score (nSPS) is 11.7. The van der Waals surface area contributed by atoms with Gasteiger partial charge in [-0.15, -0.1) is 0 Å². The Bertz CT molecular complexity index is 668. The number of benzene rings is 1. The lowest BCUT2D eigenvalue weighted by atomic mass is 10.2. The molecule has 0 atom stereocenters. The molecule has 0 saturated carbocycles. The smallest absolute Gasteiger partial charge is 0.248 e. The molecule has 1 N–H and O–H groups in total. The number of halogens is 3. The molecule has 0 amide bonds. The molecule has 90 valence electrons. The van der Waals surface area contributed by atoms with Gasteiger partial charge < -0.3 is 0 Å². The Morgan fingerprint density at radius 2 is 1.94 bits per heavy atom. The molecule has 0 bridgehead atoms. The first kappa shape index (κ1) is 12.6. The molecule has 5 nitrogen and oxygen atoms in total. The maximum Gasteiger partial charge on any atom is 0.296 e. The largest absolute Gasteiger partial charge is 0.296 e. The van der Waals surface area contributed by atoms with E-state index in [1.165, 1.54) is 0 Å². The number of nitrogens with zero attached hydrogens (tertiary/aromatic N) is 2.